The molecule has 0 fully saturated rings. The summed E-state index contributed by atoms with van der Waals surface area (Å²) in [5, 5.41) is 0. The highest BCUT2D eigenvalue weighted by Crippen LogP contribution is 2.43. The van der Waals surface area contributed by atoms with Crippen LogP contribution in [-0.4, -0.2) is 9.55 Å². The molecule has 0 aliphatic heterocycles. The van der Waals surface area contributed by atoms with Crippen molar-refractivity contribution in [2.75, 3.05) is 0 Å². The van der Waals surface area contributed by atoms with Gasteiger partial charge in [0.15, 0.2) is 0 Å². The van der Waals surface area contributed by atoms with E-state index in [4.69, 9.17) is 4.98 Å². The Kier molecular flexibility index (Phi) is 4.68. The number of fused-ring (bicyclic) bond motifs is 1. The highest BCUT2D eigenvalue weighted by molar-refractivity contribution is 5.78. The van der Waals surface area contributed by atoms with Gasteiger partial charge in [0.2, 0.25) is 0 Å². The number of nitrogens with zero attached hydrogens (tertiary/aromatic N) is 2. The summed E-state index contributed by atoms with van der Waals surface area (Å²) in [5.74, 6) is 1.08. The van der Waals surface area contributed by atoms with Crippen LogP contribution in [0.15, 0.2) is 115 Å². The summed E-state index contributed by atoms with van der Waals surface area (Å²) >= 11 is 0. The third-order valence-electron chi connectivity index (χ3n) is 5.86. The quantitative estimate of drug-likeness (QED) is 0.317. The molecule has 0 atom stereocenters. The molecule has 0 aliphatic carbocycles. The van der Waals surface area contributed by atoms with Crippen molar-refractivity contribution in [1.29, 1.82) is 0 Å². The van der Waals surface area contributed by atoms with Crippen LogP contribution < -0.4 is 0 Å². The summed E-state index contributed by atoms with van der Waals surface area (Å²) in [6, 6.07) is 40.8. The van der Waals surface area contributed by atoms with E-state index in [9.17, 15) is 0 Å². The molecule has 0 radical (unpaired) electrons. The second kappa shape index (κ2) is 7.64. The zero-order chi connectivity index (χ0) is 20.4. The molecular formula is C28H24N2. The van der Waals surface area contributed by atoms with E-state index in [1.54, 1.807) is 0 Å². The van der Waals surface area contributed by atoms with Crippen molar-refractivity contribution in [2.45, 2.75) is 18.9 Å². The molecule has 30 heavy (non-hydrogen) atoms. The van der Waals surface area contributed by atoms with Gasteiger partial charge in [0.25, 0.3) is 0 Å². The summed E-state index contributed by atoms with van der Waals surface area (Å²) in [6.07, 6.45) is 0.850. The second-order valence-corrected chi connectivity index (χ2v) is 7.51. The predicted octanol–water partition coefficient (Wildman–Crippen LogP) is 6.44. The largest absolute Gasteiger partial charge is 0.309 e. The molecule has 5 aromatic rings. The third-order valence-corrected chi connectivity index (χ3v) is 5.86. The van der Waals surface area contributed by atoms with Crippen molar-refractivity contribution in [3.8, 4) is 0 Å². The molecule has 0 aliphatic rings. The number of benzene rings is 4. The van der Waals surface area contributed by atoms with Crippen LogP contribution in [0.3, 0.4) is 0 Å². The van der Waals surface area contributed by atoms with Gasteiger partial charge in [0, 0.05) is 6.42 Å². The number of aromatic nitrogens is 2. The molecule has 0 saturated heterocycles. The Bertz CT molecular complexity index is 1160. The zero-order valence-corrected chi connectivity index (χ0v) is 17.1. The molecule has 0 unspecified atom stereocenters. The van der Waals surface area contributed by atoms with E-state index in [2.05, 4.69) is 127 Å². The fourth-order valence-corrected chi connectivity index (χ4v) is 4.61. The summed E-state index contributed by atoms with van der Waals surface area (Å²) in [5.41, 5.74) is 5.32. The van der Waals surface area contributed by atoms with Gasteiger partial charge in [-0.05, 0) is 28.8 Å². The lowest BCUT2D eigenvalue weighted by atomic mass is 9.76. The lowest BCUT2D eigenvalue weighted by molar-refractivity contribution is 0.509. The summed E-state index contributed by atoms with van der Waals surface area (Å²) < 4.78 is 2.45. The second-order valence-electron chi connectivity index (χ2n) is 7.51. The number of imidazole rings is 1. The van der Waals surface area contributed by atoms with Crippen LogP contribution in [0.5, 0.6) is 0 Å². The molecule has 1 heterocycles. The van der Waals surface area contributed by atoms with E-state index in [0.717, 1.165) is 23.3 Å². The first kappa shape index (κ1) is 18.4. The van der Waals surface area contributed by atoms with E-state index in [0.29, 0.717) is 0 Å². The molecule has 0 amide bonds. The Hall–Kier alpha value is -3.65. The van der Waals surface area contributed by atoms with Crippen LogP contribution in [-0.2, 0) is 12.0 Å². The molecule has 2 heteroatoms. The van der Waals surface area contributed by atoms with E-state index >= 15 is 0 Å². The number of aryl methyl sites for hydroxylation is 1. The maximum absolute atomic E-state index is 5.04. The standard InChI is InChI=1S/C28H24N2/c1-2-27-29-25-20-12-13-21-26(25)30(27)28(22-14-6-3-7-15-22,23-16-8-4-9-17-23)24-18-10-5-11-19-24/h3-21H,2H2,1H3. The first-order valence-electron chi connectivity index (χ1n) is 10.5. The highest BCUT2D eigenvalue weighted by atomic mass is 15.2. The van der Waals surface area contributed by atoms with Gasteiger partial charge in [0.05, 0.1) is 11.0 Å². The first-order chi connectivity index (χ1) is 14.9. The van der Waals surface area contributed by atoms with Gasteiger partial charge in [-0.2, -0.15) is 0 Å². The van der Waals surface area contributed by atoms with Crippen LogP contribution in [0.4, 0.5) is 0 Å². The van der Waals surface area contributed by atoms with E-state index in [1.807, 2.05) is 0 Å². The normalized spacial score (nSPS) is 11.6. The number of para-hydroxylation sites is 2. The SMILES string of the molecule is CCc1nc2ccccc2n1C(c1ccccc1)(c1ccccc1)c1ccccc1. The van der Waals surface area contributed by atoms with Crippen molar-refractivity contribution in [3.63, 3.8) is 0 Å². The molecule has 4 aromatic carbocycles. The molecule has 1 aromatic heterocycles. The average Bonchev–Trinajstić information content (AvgIpc) is 3.21. The summed E-state index contributed by atoms with van der Waals surface area (Å²) in [7, 11) is 0. The van der Waals surface area contributed by atoms with Crippen LogP contribution in [0.25, 0.3) is 11.0 Å². The Balaban J connectivity index is 2.01. The minimum atomic E-state index is -0.523. The molecule has 2 nitrogen and oxygen atoms in total. The fraction of sp³-hybridized carbons (Fsp3) is 0.107. The Morgan fingerprint density at radius 2 is 1.03 bits per heavy atom. The molecule has 0 bridgehead atoms. The van der Waals surface area contributed by atoms with Crippen molar-refractivity contribution < 1.29 is 0 Å². The van der Waals surface area contributed by atoms with E-state index in [1.165, 1.54) is 16.7 Å². The minimum Gasteiger partial charge on any atom is -0.309 e. The van der Waals surface area contributed by atoms with Gasteiger partial charge in [-0.15, -0.1) is 0 Å². The van der Waals surface area contributed by atoms with Gasteiger partial charge in [0.1, 0.15) is 11.4 Å². The lowest BCUT2D eigenvalue weighted by Crippen LogP contribution is -2.38. The van der Waals surface area contributed by atoms with Gasteiger partial charge < -0.3 is 4.57 Å². The number of hydrogen-bond donors (Lipinski definition) is 0. The number of hydrogen-bond acceptors (Lipinski definition) is 1. The first-order valence-corrected chi connectivity index (χ1v) is 10.5. The maximum Gasteiger partial charge on any atom is 0.122 e. The summed E-state index contributed by atoms with van der Waals surface area (Å²) in [6.45, 7) is 2.18. The fourth-order valence-electron chi connectivity index (χ4n) is 4.61. The summed E-state index contributed by atoms with van der Waals surface area (Å²) in [4.78, 5) is 5.04. The lowest BCUT2D eigenvalue weighted by Gasteiger charge is -2.39. The minimum absolute atomic E-state index is 0.523. The van der Waals surface area contributed by atoms with Crippen molar-refractivity contribution >= 4 is 11.0 Å². The van der Waals surface area contributed by atoms with E-state index in [-0.39, 0.29) is 0 Å². The van der Waals surface area contributed by atoms with Gasteiger partial charge in [-0.25, -0.2) is 4.98 Å². The molecule has 146 valence electrons. The molecule has 0 spiro atoms. The smallest absolute Gasteiger partial charge is 0.122 e. The maximum atomic E-state index is 5.04. The van der Waals surface area contributed by atoms with Crippen molar-refractivity contribution in [2.24, 2.45) is 0 Å². The van der Waals surface area contributed by atoms with E-state index < -0.39 is 5.54 Å². The Morgan fingerprint density at radius 3 is 1.50 bits per heavy atom. The molecule has 5 rings (SSSR count). The van der Waals surface area contributed by atoms with Gasteiger partial charge >= 0.3 is 0 Å². The molecular weight excluding hydrogens is 364 g/mol. The van der Waals surface area contributed by atoms with Crippen LogP contribution >= 0.6 is 0 Å². The average molecular weight is 389 g/mol. The Morgan fingerprint density at radius 1 is 0.600 bits per heavy atom. The van der Waals surface area contributed by atoms with Crippen molar-refractivity contribution in [1.82, 2.24) is 9.55 Å². The zero-order valence-electron chi connectivity index (χ0n) is 17.1. The monoisotopic (exact) mass is 388 g/mol. The topological polar surface area (TPSA) is 17.8 Å². The highest BCUT2D eigenvalue weighted by Gasteiger charge is 2.40. The molecule has 0 saturated carbocycles. The third kappa shape index (κ3) is 2.76. The molecule has 0 N–H and O–H groups in total. The Labute approximate surface area is 177 Å². The van der Waals surface area contributed by atoms with Gasteiger partial charge in [-0.1, -0.05) is 110 Å². The number of rotatable bonds is 5. The van der Waals surface area contributed by atoms with Crippen LogP contribution in [0.2, 0.25) is 0 Å². The van der Waals surface area contributed by atoms with Crippen LogP contribution in [0, 0.1) is 0 Å². The van der Waals surface area contributed by atoms with Crippen LogP contribution in [0.1, 0.15) is 29.4 Å². The van der Waals surface area contributed by atoms with Gasteiger partial charge in [-0.3, -0.25) is 0 Å². The van der Waals surface area contributed by atoms with Crippen molar-refractivity contribution in [3.05, 3.63) is 138 Å². The predicted molar refractivity (Wildman–Crippen MR) is 124 cm³/mol.